The standard InChI is InChI=1S/C28H22N2O4/c1-2-34-20-12-7-11-19(17-20)26(31)24-25(22-14-5-6-16-29-22)30(28(33)27(24)32)23-15-8-10-18-9-3-4-13-21(18)23/h3-17,25,31H,2H2,1H3/b26-24+. The third-order valence-electron chi connectivity index (χ3n) is 5.86. The maximum atomic E-state index is 13.4. The predicted octanol–water partition coefficient (Wildman–Crippen LogP) is 5.26. The molecule has 6 heteroatoms. The second-order valence-electron chi connectivity index (χ2n) is 7.88. The Morgan fingerprint density at radius 1 is 0.971 bits per heavy atom. The first-order chi connectivity index (χ1) is 16.6. The van der Waals surface area contributed by atoms with Crippen LogP contribution in [0.1, 0.15) is 24.2 Å². The number of rotatable bonds is 5. The lowest BCUT2D eigenvalue weighted by Gasteiger charge is -2.25. The van der Waals surface area contributed by atoms with Gasteiger partial charge in [0.2, 0.25) is 0 Å². The van der Waals surface area contributed by atoms with Crippen molar-refractivity contribution in [3.8, 4) is 5.75 Å². The number of anilines is 1. The number of carbonyl (C=O) groups is 2. The van der Waals surface area contributed by atoms with Crippen LogP contribution >= 0.6 is 0 Å². The highest BCUT2D eigenvalue weighted by atomic mass is 16.5. The molecule has 0 radical (unpaired) electrons. The number of amides is 1. The van der Waals surface area contributed by atoms with Crippen molar-refractivity contribution in [1.82, 2.24) is 4.98 Å². The number of Topliss-reactive ketones (excluding diaryl/α,β-unsaturated/α-hetero) is 1. The highest BCUT2D eigenvalue weighted by Gasteiger charge is 2.48. The fourth-order valence-electron chi connectivity index (χ4n) is 4.37. The molecule has 1 saturated heterocycles. The van der Waals surface area contributed by atoms with E-state index in [9.17, 15) is 14.7 Å². The summed E-state index contributed by atoms with van der Waals surface area (Å²) in [6.45, 7) is 2.33. The fourth-order valence-corrected chi connectivity index (χ4v) is 4.37. The molecule has 1 aliphatic rings. The summed E-state index contributed by atoms with van der Waals surface area (Å²) in [5.41, 5.74) is 1.45. The molecule has 34 heavy (non-hydrogen) atoms. The Morgan fingerprint density at radius 3 is 2.53 bits per heavy atom. The minimum absolute atomic E-state index is 0.00900. The van der Waals surface area contributed by atoms with E-state index in [1.54, 1.807) is 54.7 Å². The summed E-state index contributed by atoms with van der Waals surface area (Å²) in [4.78, 5) is 32.7. The zero-order chi connectivity index (χ0) is 23.7. The SMILES string of the molecule is CCOc1cccc(/C(O)=C2\C(=O)C(=O)N(c3cccc4ccccc34)C2c2ccccn2)c1. The molecule has 2 heterocycles. The molecule has 6 nitrogen and oxygen atoms in total. The monoisotopic (exact) mass is 450 g/mol. The first kappa shape index (κ1) is 21.4. The third kappa shape index (κ3) is 3.59. The van der Waals surface area contributed by atoms with E-state index in [1.165, 1.54) is 4.90 Å². The van der Waals surface area contributed by atoms with Crippen LogP contribution in [0.5, 0.6) is 5.75 Å². The average molecular weight is 450 g/mol. The Kier molecular flexibility index (Phi) is 5.55. The van der Waals surface area contributed by atoms with Gasteiger partial charge in [-0.1, -0.05) is 54.6 Å². The van der Waals surface area contributed by atoms with E-state index in [-0.39, 0.29) is 11.3 Å². The molecule has 1 fully saturated rings. The first-order valence-electron chi connectivity index (χ1n) is 11.0. The zero-order valence-electron chi connectivity index (χ0n) is 18.5. The van der Waals surface area contributed by atoms with Crippen molar-refractivity contribution in [1.29, 1.82) is 0 Å². The van der Waals surface area contributed by atoms with E-state index in [4.69, 9.17) is 4.74 Å². The minimum Gasteiger partial charge on any atom is -0.507 e. The van der Waals surface area contributed by atoms with Gasteiger partial charge in [-0.2, -0.15) is 0 Å². The number of ether oxygens (including phenoxy) is 1. The van der Waals surface area contributed by atoms with Gasteiger partial charge in [0.15, 0.2) is 0 Å². The van der Waals surface area contributed by atoms with Gasteiger partial charge in [0.05, 0.1) is 23.6 Å². The van der Waals surface area contributed by atoms with Crippen LogP contribution < -0.4 is 9.64 Å². The van der Waals surface area contributed by atoms with Crippen molar-refractivity contribution in [2.45, 2.75) is 13.0 Å². The predicted molar refractivity (Wildman–Crippen MR) is 131 cm³/mol. The number of benzene rings is 3. The van der Waals surface area contributed by atoms with Crippen LogP contribution in [0.15, 0.2) is 96.7 Å². The number of nitrogens with zero attached hydrogens (tertiary/aromatic N) is 2. The van der Waals surface area contributed by atoms with Gasteiger partial charge in [-0.3, -0.25) is 19.5 Å². The highest BCUT2D eigenvalue weighted by molar-refractivity contribution is 6.52. The fraction of sp³-hybridized carbons (Fsp3) is 0.107. The smallest absolute Gasteiger partial charge is 0.300 e. The summed E-state index contributed by atoms with van der Waals surface area (Å²) in [5, 5.41) is 13.1. The quantitative estimate of drug-likeness (QED) is 0.255. The van der Waals surface area contributed by atoms with E-state index in [2.05, 4.69) is 4.98 Å². The Morgan fingerprint density at radius 2 is 1.74 bits per heavy atom. The van der Waals surface area contributed by atoms with Gasteiger partial charge in [0.1, 0.15) is 17.6 Å². The molecule has 1 aliphatic heterocycles. The largest absolute Gasteiger partial charge is 0.507 e. The lowest BCUT2D eigenvalue weighted by atomic mass is 9.97. The molecule has 1 unspecified atom stereocenters. The van der Waals surface area contributed by atoms with E-state index in [1.807, 2.05) is 43.3 Å². The highest BCUT2D eigenvalue weighted by Crippen LogP contribution is 2.43. The summed E-state index contributed by atoms with van der Waals surface area (Å²) < 4.78 is 5.55. The van der Waals surface area contributed by atoms with Gasteiger partial charge in [-0.05, 0) is 42.6 Å². The Labute approximate surface area is 196 Å². The number of aliphatic hydroxyl groups excluding tert-OH is 1. The van der Waals surface area contributed by atoms with Crippen molar-refractivity contribution >= 4 is 33.9 Å². The Balaban J connectivity index is 1.74. The topological polar surface area (TPSA) is 79.7 Å². The molecular weight excluding hydrogens is 428 g/mol. The molecule has 4 aromatic rings. The van der Waals surface area contributed by atoms with Crippen LogP contribution in [-0.4, -0.2) is 28.4 Å². The summed E-state index contributed by atoms with van der Waals surface area (Å²) >= 11 is 0. The Hall–Kier alpha value is -4.45. The maximum absolute atomic E-state index is 13.4. The summed E-state index contributed by atoms with van der Waals surface area (Å²) in [5.74, 6) is -1.18. The molecule has 1 aromatic heterocycles. The number of aliphatic hydroxyl groups is 1. The van der Waals surface area contributed by atoms with Crippen molar-refractivity contribution in [2.75, 3.05) is 11.5 Å². The number of ketones is 1. The average Bonchev–Trinajstić information content (AvgIpc) is 3.14. The second kappa shape index (κ2) is 8.83. The van der Waals surface area contributed by atoms with Crippen LogP contribution in [0.3, 0.4) is 0 Å². The van der Waals surface area contributed by atoms with E-state index in [0.29, 0.717) is 29.3 Å². The van der Waals surface area contributed by atoms with Crippen molar-refractivity contribution in [2.24, 2.45) is 0 Å². The van der Waals surface area contributed by atoms with E-state index >= 15 is 0 Å². The lowest BCUT2D eigenvalue weighted by Crippen LogP contribution is -2.30. The van der Waals surface area contributed by atoms with Crippen LogP contribution in [0.2, 0.25) is 0 Å². The maximum Gasteiger partial charge on any atom is 0.300 e. The van der Waals surface area contributed by atoms with Gasteiger partial charge in [-0.25, -0.2) is 0 Å². The first-order valence-corrected chi connectivity index (χ1v) is 11.0. The van der Waals surface area contributed by atoms with Crippen LogP contribution in [0.4, 0.5) is 5.69 Å². The molecule has 168 valence electrons. The molecular formula is C28H22N2O4. The van der Waals surface area contributed by atoms with Gasteiger partial charge in [0.25, 0.3) is 11.7 Å². The second-order valence-corrected chi connectivity index (χ2v) is 7.88. The van der Waals surface area contributed by atoms with Crippen molar-refractivity contribution in [3.05, 3.63) is 108 Å². The zero-order valence-corrected chi connectivity index (χ0v) is 18.5. The summed E-state index contributed by atoms with van der Waals surface area (Å²) in [7, 11) is 0. The molecule has 3 aromatic carbocycles. The number of carbonyl (C=O) groups excluding carboxylic acids is 2. The molecule has 0 bridgehead atoms. The summed E-state index contributed by atoms with van der Waals surface area (Å²) in [6.07, 6.45) is 1.61. The van der Waals surface area contributed by atoms with E-state index in [0.717, 1.165) is 10.8 Å². The van der Waals surface area contributed by atoms with Crippen LogP contribution in [0.25, 0.3) is 16.5 Å². The molecule has 0 aliphatic carbocycles. The summed E-state index contributed by atoms with van der Waals surface area (Å²) in [6, 6.07) is 24.5. The Bertz CT molecular complexity index is 1420. The van der Waals surface area contributed by atoms with Crippen molar-refractivity contribution < 1.29 is 19.4 Å². The van der Waals surface area contributed by atoms with Gasteiger partial charge < -0.3 is 9.84 Å². The molecule has 1 amide bonds. The number of fused-ring (bicyclic) bond motifs is 1. The molecule has 1 atom stereocenters. The van der Waals surface area contributed by atoms with Crippen LogP contribution in [0, 0.1) is 0 Å². The number of hydrogen-bond acceptors (Lipinski definition) is 5. The van der Waals surface area contributed by atoms with E-state index < -0.39 is 17.7 Å². The third-order valence-corrected chi connectivity index (χ3v) is 5.86. The molecule has 5 rings (SSSR count). The normalized spacial score (nSPS) is 17.3. The number of aromatic nitrogens is 1. The lowest BCUT2D eigenvalue weighted by molar-refractivity contribution is -0.132. The molecule has 0 saturated carbocycles. The van der Waals surface area contributed by atoms with Gasteiger partial charge >= 0.3 is 0 Å². The van der Waals surface area contributed by atoms with Crippen LogP contribution in [-0.2, 0) is 9.59 Å². The molecule has 1 N–H and O–H groups in total. The van der Waals surface area contributed by atoms with Crippen molar-refractivity contribution in [3.63, 3.8) is 0 Å². The van der Waals surface area contributed by atoms with Gasteiger partial charge in [0, 0.05) is 17.1 Å². The number of pyridine rings is 1. The number of hydrogen-bond donors (Lipinski definition) is 1. The molecule has 0 spiro atoms. The minimum atomic E-state index is -0.886. The van der Waals surface area contributed by atoms with Gasteiger partial charge in [-0.15, -0.1) is 0 Å².